The zero-order chi connectivity index (χ0) is 44.0. The van der Waals surface area contributed by atoms with E-state index in [0.29, 0.717) is 0 Å². The van der Waals surface area contributed by atoms with Crippen molar-refractivity contribution in [1.29, 1.82) is 0 Å². The number of hydrogen-bond donors (Lipinski definition) is 0. The summed E-state index contributed by atoms with van der Waals surface area (Å²) >= 11 is 0. The topological polar surface area (TPSA) is 37.2 Å². The maximum Gasteiger partial charge on any atom is 0.0970 e. The Labute approximate surface area is 383 Å². The van der Waals surface area contributed by atoms with Crippen LogP contribution in [0.3, 0.4) is 0 Å². The van der Waals surface area contributed by atoms with Gasteiger partial charge in [-0.2, -0.15) is 0 Å². The van der Waals surface area contributed by atoms with Crippen molar-refractivity contribution in [3.63, 3.8) is 0 Å². The van der Waals surface area contributed by atoms with Crippen LogP contribution in [0.2, 0.25) is 0 Å². The lowest BCUT2D eigenvalue weighted by molar-refractivity contribution is 1.18. The Hall–Kier alpha value is -8.80. The Morgan fingerprint density at radius 1 is 0.348 bits per heavy atom. The average Bonchev–Trinajstić information content (AvgIpc) is 3.70. The molecule has 0 unspecified atom stereocenters. The van der Waals surface area contributed by atoms with E-state index in [2.05, 4.69) is 245 Å². The SMILES string of the molecule is Cc1cc(-c2ccc(-n3c4ccc(N(c5ccccc5)c5ccccc5)cc4c4cc(N(c5ccccc5)c5ccccc5)ccc43)cc2)ccc1-c1cc2cccnc2c2ncccc12. The van der Waals surface area contributed by atoms with E-state index in [1.165, 1.54) is 33.0 Å². The molecular formula is C61H43N5. The van der Waals surface area contributed by atoms with Gasteiger partial charge in [0.1, 0.15) is 0 Å². The van der Waals surface area contributed by atoms with Crippen molar-refractivity contribution in [2.24, 2.45) is 0 Å². The predicted octanol–water partition coefficient (Wildman–Crippen LogP) is 16.5. The standard InChI is InChI=1S/C61H43N5/c1-42-38-44(28-33-53(42)55-39-45-16-14-36-62-60(45)61-54(55)25-15-37-63-61)43-26-29-50(30-27-43)66-58-34-31-51(64(46-17-6-2-7-18-46)47-19-8-3-9-20-47)40-56(58)57-41-52(32-35-59(57)66)65(48-21-10-4-11-22-48)49-23-12-5-13-24-49/h2-41H,1H3. The molecule has 0 radical (unpaired) electrons. The van der Waals surface area contributed by atoms with Gasteiger partial charge in [0.2, 0.25) is 0 Å². The number of benzene rings is 9. The summed E-state index contributed by atoms with van der Waals surface area (Å²) in [6, 6.07) is 82.6. The maximum absolute atomic E-state index is 4.76. The van der Waals surface area contributed by atoms with Gasteiger partial charge in [-0.1, -0.05) is 115 Å². The molecule has 0 N–H and O–H groups in total. The average molecular weight is 846 g/mol. The minimum Gasteiger partial charge on any atom is -0.310 e. The molecule has 312 valence electrons. The molecule has 0 saturated heterocycles. The summed E-state index contributed by atoms with van der Waals surface area (Å²) in [5.41, 5.74) is 17.7. The lowest BCUT2D eigenvalue weighted by Crippen LogP contribution is -2.09. The summed E-state index contributed by atoms with van der Waals surface area (Å²) in [4.78, 5) is 14.1. The normalized spacial score (nSPS) is 11.4. The second-order valence-corrected chi connectivity index (χ2v) is 16.7. The number of aromatic nitrogens is 3. The van der Waals surface area contributed by atoms with Gasteiger partial charge in [0.15, 0.2) is 0 Å². The Kier molecular flexibility index (Phi) is 9.65. The molecule has 0 amide bonds. The Morgan fingerprint density at radius 2 is 0.833 bits per heavy atom. The van der Waals surface area contributed by atoms with Gasteiger partial charge in [0, 0.05) is 73.8 Å². The minimum atomic E-state index is 0.927. The maximum atomic E-state index is 4.76. The van der Waals surface area contributed by atoms with E-state index in [-0.39, 0.29) is 0 Å². The molecule has 9 aromatic carbocycles. The third kappa shape index (κ3) is 6.82. The van der Waals surface area contributed by atoms with Crippen molar-refractivity contribution in [2.45, 2.75) is 6.92 Å². The Morgan fingerprint density at radius 3 is 1.35 bits per heavy atom. The Balaban J connectivity index is 0.989. The van der Waals surface area contributed by atoms with E-state index in [0.717, 1.165) is 78.2 Å². The lowest BCUT2D eigenvalue weighted by atomic mass is 9.92. The largest absolute Gasteiger partial charge is 0.310 e. The number of pyridine rings is 2. The zero-order valence-electron chi connectivity index (χ0n) is 36.3. The van der Waals surface area contributed by atoms with Gasteiger partial charge < -0.3 is 14.4 Å². The second kappa shape index (κ2) is 16.4. The monoisotopic (exact) mass is 845 g/mol. The molecule has 0 fully saturated rings. The molecule has 3 aromatic heterocycles. The number of fused-ring (bicyclic) bond motifs is 6. The third-order valence-electron chi connectivity index (χ3n) is 12.7. The van der Waals surface area contributed by atoms with Crippen molar-refractivity contribution >= 4 is 77.7 Å². The fourth-order valence-corrected chi connectivity index (χ4v) is 9.71. The number of aryl methyl sites for hydroxylation is 1. The van der Waals surface area contributed by atoms with Crippen LogP contribution >= 0.6 is 0 Å². The van der Waals surface area contributed by atoms with E-state index in [1.807, 2.05) is 24.5 Å². The number of rotatable bonds is 9. The van der Waals surface area contributed by atoms with Crippen molar-refractivity contribution in [3.8, 4) is 27.9 Å². The van der Waals surface area contributed by atoms with E-state index in [4.69, 9.17) is 4.98 Å². The molecule has 0 aliphatic rings. The number of hydrogen-bond acceptors (Lipinski definition) is 4. The van der Waals surface area contributed by atoms with E-state index in [1.54, 1.807) is 0 Å². The van der Waals surface area contributed by atoms with Crippen LogP contribution in [0.25, 0.3) is 71.6 Å². The van der Waals surface area contributed by atoms with E-state index >= 15 is 0 Å². The molecule has 0 aliphatic carbocycles. The van der Waals surface area contributed by atoms with Crippen LogP contribution < -0.4 is 9.80 Å². The molecule has 5 heteroatoms. The van der Waals surface area contributed by atoms with E-state index < -0.39 is 0 Å². The first kappa shape index (κ1) is 38.8. The van der Waals surface area contributed by atoms with Crippen molar-refractivity contribution < 1.29 is 0 Å². The molecule has 0 bridgehead atoms. The molecule has 0 spiro atoms. The lowest BCUT2D eigenvalue weighted by Gasteiger charge is -2.26. The second-order valence-electron chi connectivity index (χ2n) is 16.7. The molecular weight excluding hydrogens is 803 g/mol. The first-order chi connectivity index (χ1) is 32.7. The fourth-order valence-electron chi connectivity index (χ4n) is 9.71. The summed E-state index contributed by atoms with van der Waals surface area (Å²) < 4.78 is 2.41. The number of nitrogens with zero attached hydrogens (tertiary/aromatic N) is 5. The van der Waals surface area contributed by atoms with Crippen LogP contribution in [0.15, 0.2) is 243 Å². The van der Waals surface area contributed by atoms with Crippen LogP contribution in [0.4, 0.5) is 34.1 Å². The molecule has 12 rings (SSSR count). The van der Waals surface area contributed by atoms with Crippen LogP contribution in [0.5, 0.6) is 0 Å². The molecule has 3 heterocycles. The summed E-state index contributed by atoms with van der Waals surface area (Å²) in [7, 11) is 0. The third-order valence-corrected chi connectivity index (χ3v) is 12.7. The number of anilines is 6. The fraction of sp³-hybridized carbons (Fsp3) is 0.0164. The minimum absolute atomic E-state index is 0.927. The van der Waals surface area contributed by atoms with Crippen LogP contribution in [-0.4, -0.2) is 14.5 Å². The first-order valence-electron chi connectivity index (χ1n) is 22.4. The molecule has 0 saturated carbocycles. The van der Waals surface area contributed by atoms with Gasteiger partial charge in [-0.25, -0.2) is 0 Å². The summed E-state index contributed by atoms with van der Waals surface area (Å²) in [5, 5.41) is 4.54. The predicted molar refractivity (Wildman–Crippen MR) is 276 cm³/mol. The van der Waals surface area contributed by atoms with E-state index in [9.17, 15) is 0 Å². The van der Waals surface area contributed by atoms with Crippen LogP contribution in [-0.2, 0) is 0 Å². The zero-order valence-corrected chi connectivity index (χ0v) is 36.3. The highest BCUT2D eigenvalue weighted by molar-refractivity contribution is 6.13. The summed E-state index contributed by atoms with van der Waals surface area (Å²) in [5.74, 6) is 0. The smallest absolute Gasteiger partial charge is 0.0970 e. The van der Waals surface area contributed by atoms with Gasteiger partial charge >= 0.3 is 0 Å². The van der Waals surface area contributed by atoms with Crippen molar-refractivity contribution in [2.75, 3.05) is 9.80 Å². The van der Waals surface area contributed by atoms with Gasteiger partial charge in [0.05, 0.1) is 22.1 Å². The first-order valence-corrected chi connectivity index (χ1v) is 22.4. The van der Waals surface area contributed by atoms with Gasteiger partial charge in [-0.05, 0) is 150 Å². The van der Waals surface area contributed by atoms with Crippen LogP contribution in [0.1, 0.15) is 5.56 Å². The summed E-state index contributed by atoms with van der Waals surface area (Å²) in [6.45, 7) is 2.21. The van der Waals surface area contributed by atoms with Gasteiger partial charge in [-0.15, -0.1) is 0 Å². The van der Waals surface area contributed by atoms with Gasteiger partial charge in [-0.3, -0.25) is 9.97 Å². The van der Waals surface area contributed by atoms with Crippen molar-refractivity contribution in [3.05, 3.63) is 248 Å². The highest BCUT2D eigenvalue weighted by atomic mass is 15.1. The molecule has 12 aromatic rings. The highest BCUT2D eigenvalue weighted by Gasteiger charge is 2.20. The Bertz CT molecular complexity index is 3480. The highest BCUT2D eigenvalue weighted by Crippen LogP contribution is 2.43. The molecule has 0 atom stereocenters. The quantitative estimate of drug-likeness (QED) is 0.136. The van der Waals surface area contributed by atoms with Crippen LogP contribution in [0, 0.1) is 6.92 Å². The number of para-hydroxylation sites is 4. The molecule has 0 aliphatic heterocycles. The van der Waals surface area contributed by atoms with Crippen molar-refractivity contribution in [1.82, 2.24) is 14.5 Å². The molecule has 66 heavy (non-hydrogen) atoms. The summed E-state index contributed by atoms with van der Waals surface area (Å²) in [6.07, 6.45) is 3.69. The van der Waals surface area contributed by atoms with Gasteiger partial charge in [0.25, 0.3) is 0 Å². The molecule has 5 nitrogen and oxygen atoms in total.